The van der Waals surface area contributed by atoms with Crippen molar-refractivity contribution in [3.8, 4) is 0 Å². The van der Waals surface area contributed by atoms with Crippen LogP contribution >= 0.6 is 35.0 Å². The Morgan fingerprint density at radius 3 is 1.36 bits per heavy atom. The van der Waals surface area contributed by atoms with Crippen LogP contribution in [0.5, 0.6) is 0 Å². The van der Waals surface area contributed by atoms with Gasteiger partial charge in [0.05, 0.1) is 22.2 Å². The maximum absolute atomic E-state index is 14.2. The van der Waals surface area contributed by atoms with Gasteiger partial charge in [-0.3, -0.25) is 24.1 Å². The minimum Gasteiger partial charge on any atom is -0.480 e. The summed E-state index contributed by atoms with van der Waals surface area (Å²) in [7, 11) is -3.41. The number of amides is 5. The Hall–Kier alpha value is -5.74. The van der Waals surface area contributed by atoms with Crippen molar-refractivity contribution in [1.29, 1.82) is 0 Å². The molecule has 0 radical (unpaired) electrons. The number of likely N-dealkylation sites (tertiary alicyclic amines) is 3. The number of rotatable bonds is 15. The van der Waals surface area contributed by atoms with Gasteiger partial charge in [0.15, 0.2) is 9.84 Å². The van der Waals surface area contributed by atoms with E-state index < -0.39 is 57.2 Å². The average molecular weight is 1590 g/mol. The number of ether oxygens (including phenoxy) is 1. The zero-order chi connectivity index (χ0) is 71.8. The van der Waals surface area contributed by atoms with E-state index in [1.807, 2.05) is 42.5 Å². The fourth-order valence-corrected chi connectivity index (χ4v) is 16.2. The molecule has 12 atom stereocenters. The largest absolute Gasteiger partial charge is 1.00 e. The zero-order valence-electron chi connectivity index (χ0n) is 58.5. The molecule has 544 valence electrons. The normalized spacial score (nSPS) is 24.8. The second kappa shape index (κ2) is 33.8. The molecule has 8 aliphatic carbocycles. The van der Waals surface area contributed by atoms with Crippen molar-refractivity contribution in [2.45, 2.75) is 214 Å². The molecule has 0 unspecified atom stereocenters. The number of carboxylic acid groups (broad SMARTS) is 1. The van der Waals surface area contributed by atoms with Gasteiger partial charge in [-0.2, -0.15) is 8.42 Å². The summed E-state index contributed by atoms with van der Waals surface area (Å²) in [5, 5.41) is 15.0. The maximum Gasteiger partial charge on any atom is 1.00 e. The van der Waals surface area contributed by atoms with Crippen LogP contribution in [0, 0.1) is 83.7 Å². The van der Waals surface area contributed by atoms with Crippen LogP contribution in [0.4, 0.5) is 18.0 Å². The molecule has 3 heterocycles. The van der Waals surface area contributed by atoms with Gasteiger partial charge in [-0.25, -0.2) is 44.0 Å². The molecule has 8 saturated carbocycles. The molecular weight excluding hydrogens is 1500 g/mol. The number of hydrogen-bond donors (Lipinski definition) is 4. The van der Waals surface area contributed by atoms with E-state index in [0.717, 1.165) is 65.2 Å². The zero-order valence-corrected chi connectivity index (χ0v) is 65.1. The van der Waals surface area contributed by atoms with Crippen molar-refractivity contribution in [2.75, 3.05) is 0 Å². The summed E-state index contributed by atoms with van der Waals surface area (Å²) >= 11 is 1.45. The predicted octanol–water partition coefficient (Wildman–Crippen LogP) is 10.3. The van der Waals surface area contributed by atoms with Gasteiger partial charge in [0.2, 0.25) is 11.8 Å². The number of carboxylic acids is 1. The predicted molar refractivity (Wildman–Crippen MR) is 385 cm³/mol. The summed E-state index contributed by atoms with van der Waals surface area (Å²) in [5.41, 5.74) is 10.7. The number of nitrogens with one attached hydrogen (secondary N) is 2. The Morgan fingerprint density at radius 2 is 0.980 bits per heavy atom. The third-order valence-electron chi connectivity index (χ3n) is 20.6. The minimum atomic E-state index is -3.41. The Kier molecular flexibility index (Phi) is 26.6. The van der Waals surface area contributed by atoms with Crippen LogP contribution in [0.1, 0.15) is 196 Å². The molecule has 3 saturated heterocycles. The average Bonchev–Trinajstić information content (AvgIpc) is 1.59. The minimum absolute atomic E-state index is 0. The van der Waals surface area contributed by atoms with Crippen LogP contribution in [0.15, 0.2) is 108 Å². The fraction of sp³-hybridized carbons (Fsp3) is 0.513. The van der Waals surface area contributed by atoms with Gasteiger partial charge in [0, 0.05) is 38.9 Å². The van der Waals surface area contributed by atoms with Crippen LogP contribution in [-0.2, 0) is 40.5 Å². The van der Waals surface area contributed by atoms with Crippen molar-refractivity contribution in [3.05, 3.63) is 175 Å². The molecule has 5 aromatic carbocycles. The van der Waals surface area contributed by atoms with Gasteiger partial charge in [-0.15, -0.1) is 12.4 Å². The van der Waals surface area contributed by atoms with Crippen molar-refractivity contribution < 1.29 is 98.2 Å². The summed E-state index contributed by atoms with van der Waals surface area (Å²) in [6.07, 6.45) is 16.9. The molecule has 3 aliphatic heterocycles. The van der Waals surface area contributed by atoms with E-state index in [4.69, 9.17) is 24.0 Å². The van der Waals surface area contributed by atoms with Gasteiger partial charge < -0.3 is 42.4 Å². The molecule has 102 heavy (non-hydrogen) atoms. The summed E-state index contributed by atoms with van der Waals surface area (Å²) in [6, 6.07) is 27.4. The molecule has 16 rings (SSSR count). The van der Waals surface area contributed by atoms with E-state index in [9.17, 15) is 50.4 Å². The molecule has 0 aromatic heterocycles. The van der Waals surface area contributed by atoms with Gasteiger partial charge in [-0.05, 0) is 278 Å². The molecule has 0 spiro atoms. The first-order valence-corrected chi connectivity index (χ1v) is 38.2. The molecule has 5 amide bonds. The Morgan fingerprint density at radius 1 is 0.588 bits per heavy atom. The summed E-state index contributed by atoms with van der Waals surface area (Å²) in [5.74, 6) is -0.0281. The van der Waals surface area contributed by atoms with E-state index in [1.165, 1.54) is 42.7 Å². The number of piperidine rings is 3. The molecule has 11 aliphatic rings. The first-order valence-electron chi connectivity index (χ1n) is 34.9. The van der Waals surface area contributed by atoms with Crippen molar-refractivity contribution >= 4 is 92.1 Å². The summed E-state index contributed by atoms with van der Waals surface area (Å²) in [4.78, 5) is 81.4. The fourth-order valence-electron chi connectivity index (χ4n) is 14.0. The van der Waals surface area contributed by atoms with Crippen LogP contribution in [0.25, 0.3) is 0 Å². The number of nitrogens with zero attached hydrogens (tertiary/aromatic N) is 3. The number of sulfone groups is 1. The number of carbonyl (C=O) groups is 6. The monoisotopic (exact) mass is 1580 g/mol. The molecule has 0 bridgehead atoms. The maximum atomic E-state index is 14.2. The molecular formula is C76H90ClF3IN6NaO12S2. The van der Waals surface area contributed by atoms with Gasteiger partial charge >= 0.3 is 53.2 Å². The van der Waals surface area contributed by atoms with Crippen molar-refractivity contribution in [2.24, 2.45) is 41.2 Å². The SMILES string of the molecule is CC(C)(C)OC(=O)N1[C@@H](C(=O)O)C[C@H]2C[C@H]21.Cc1ccc([C@H](N)C2CC2)cc1F.Cc1ccc([C@H](NC(=O)[C@H]2C[C@H]3C[C@H]3N2C(=O)c2cccc(I)c2)C2CC2)cc1F.Cc1ccc([C@H](NC(=O)[C@H]2C[C@H]3C[C@H]3N2C(=O)c2cccc(S(=O)(=O)C3CC3)c2)C2CC2)cc1F.Cl.O=S=O.[CH-]1CC1.[Na+]. The number of carbonyl (C=O) groups excluding carboxylic acids is 5. The Bertz CT molecular complexity index is 4090. The third-order valence-corrected chi connectivity index (χ3v) is 23.5. The van der Waals surface area contributed by atoms with Crippen LogP contribution < -0.4 is 45.9 Å². The quantitative estimate of drug-likeness (QED) is 0.0432. The van der Waals surface area contributed by atoms with Gasteiger partial charge in [0.1, 0.15) is 41.2 Å². The van der Waals surface area contributed by atoms with Crippen molar-refractivity contribution in [1.82, 2.24) is 25.3 Å². The second-order valence-electron chi connectivity index (χ2n) is 29.8. The van der Waals surface area contributed by atoms with Crippen molar-refractivity contribution in [3.63, 3.8) is 0 Å². The summed E-state index contributed by atoms with van der Waals surface area (Å²) < 4.78 is 89.7. The van der Waals surface area contributed by atoms with Crippen LogP contribution in [0.3, 0.4) is 0 Å². The number of aryl methyl sites for hydroxylation is 3. The molecule has 5 aromatic rings. The number of nitrogens with two attached hydrogens (primary N) is 1. The van der Waals surface area contributed by atoms with Crippen LogP contribution in [0.2, 0.25) is 0 Å². The molecule has 5 N–H and O–H groups in total. The first-order chi connectivity index (χ1) is 47.5. The first kappa shape index (κ1) is 80.4. The topological polar surface area (TPSA) is 260 Å². The number of hydrogen-bond acceptors (Lipinski definition) is 12. The van der Waals surface area contributed by atoms with E-state index in [2.05, 4.69) is 39.6 Å². The van der Waals surface area contributed by atoms with E-state index in [1.54, 1.807) is 99.9 Å². The second-order valence-corrected chi connectivity index (χ2v) is 33.5. The molecule has 26 heteroatoms. The summed E-state index contributed by atoms with van der Waals surface area (Å²) in [6.45, 7) is 10.6. The van der Waals surface area contributed by atoms with Gasteiger partial charge in [-0.1, -0.05) is 48.5 Å². The number of benzene rings is 5. The third kappa shape index (κ3) is 20.2. The molecule has 11 fully saturated rings. The Labute approximate surface area is 641 Å². The van der Waals surface area contributed by atoms with E-state index >= 15 is 0 Å². The van der Waals surface area contributed by atoms with Gasteiger partial charge in [0.25, 0.3) is 11.8 Å². The standard InChI is InChI=1S/C27H29FN2O4S.C24H24FIN2O2.C11H14FN.C11H17NO4.C3H5.ClH.Na.O2S/c1-15-5-6-17(12-22(15)28)25(16-7-8-16)29-26(31)24-14-19-13-23(19)30(24)27(32)18-3-2-4-21(11-18)35(33,34)20-9-10-20;1-13-5-6-15(10-19(13)25)22(14-7-8-14)27-23(29)21-12-17-11-20(17)28(21)24(30)16-3-2-4-18(26)9-16;1-7-2-3-9(6-10(7)12)11(13)8-4-5-8;1-11(2,3)16-10(15)12-7-4-6(7)5-8(12)9(13)14;1-2-3-1;;;1-3-2/h2-6,11-12,16,19-20,23-25H,7-10,13-14H2,1H3,(H,29,31);2-6,9-10,14,17,20-22H,7-8,11-12H2,1H3,(H,27,29);2-3,6,8,11H,4-5,13H2,1H3;6-8H,4-5H2,1-3H3,(H,13,14);1H,2-3H2;1H;;/q;;;;-1;;+1;/t19-,23-,24-,25-;17-,20-,21-,22-;11-;6-,7-,8-;;;;/m1111..../s1. The number of halogens is 5. The van der Waals surface area contributed by atoms with E-state index in [0.29, 0.717) is 89.5 Å². The van der Waals surface area contributed by atoms with E-state index in [-0.39, 0.29) is 135 Å². The molecule has 18 nitrogen and oxygen atoms in total. The van der Waals surface area contributed by atoms with Crippen LogP contribution in [-0.4, -0.2) is 119 Å². The Balaban J connectivity index is 0.000000162. The smallest absolute Gasteiger partial charge is 0.480 e. The number of aliphatic carboxylic acids is 1. The number of fused-ring (bicyclic) bond motifs is 3.